The van der Waals surface area contributed by atoms with Gasteiger partial charge in [-0.05, 0) is 52.1 Å². The molecule has 162 valence electrons. The molecule has 28 heavy (non-hydrogen) atoms. The number of hydrogen-bond donors (Lipinski definition) is 1. The van der Waals surface area contributed by atoms with Crippen LogP contribution in [0.5, 0.6) is 0 Å². The third-order valence-electron chi connectivity index (χ3n) is 6.49. The van der Waals surface area contributed by atoms with Gasteiger partial charge in [-0.1, -0.05) is 13.8 Å². The van der Waals surface area contributed by atoms with Crippen molar-refractivity contribution in [1.82, 2.24) is 20.0 Å². The fraction of sp³-hybridized carbons (Fsp3) is 0.909. The van der Waals surface area contributed by atoms with Gasteiger partial charge < -0.3 is 15.1 Å². The molecule has 2 heterocycles. The van der Waals surface area contributed by atoms with Crippen molar-refractivity contribution in [3.63, 3.8) is 0 Å². The van der Waals surface area contributed by atoms with E-state index in [1.807, 2.05) is 13.8 Å². The molecule has 0 aromatic rings. The molecule has 0 unspecified atom stereocenters. The Bertz CT molecular complexity index is 463. The molecule has 1 amide bonds. The van der Waals surface area contributed by atoms with Gasteiger partial charge in [0.1, 0.15) is 5.78 Å². The number of ketones is 1. The van der Waals surface area contributed by atoms with E-state index in [1.165, 1.54) is 26.1 Å². The van der Waals surface area contributed by atoms with Crippen LogP contribution in [0.1, 0.15) is 52.9 Å². The quantitative estimate of drug-likeness (QED) is 0.745. The molecule has 3 rings (SSSR count). The van der Waals surface area contributed by atoms with Crippen LogP contribution in [0.2, 0.25) is 0 Å². The second-order valence-corrected chi connectivity index (χ2v) is 8.27. The molecule has 3 aliphatic rings. The van der Waals surface area contributed by atoms with E-state index in [1.54, 1.807) is 6.92 Å². The predicted molar refractivity (Wildman–Crippen MR) is 114 cm³/mol. The SMILES string of the molecule is CC.CC(=O)C1CCC(C(=O)N2CCN(CCCN3CCNCC3)CC2)CC1. The largest absolute Gasteiger partial charge is 0.340 e. The Morgan fingerprint density at radius 2 is 1.29 bits per heavy atom. The molecular weight excluding hydrogens is 352 g/mol. The van der Waals surface area contributed by atoms with Crippen molar-refractivity contribution in [2.75, 3.05) is 65.4 Å². The Kier molecular flexibility index (Phi) is 10.4. The van der Waals surface area contributed by atoms with Gasteiger partial charge in [-0.3, -0.25) is 14.5 Å². The second-order valence-electron chi connectivity index (χ2n) is 8.27. The minimum Gasteiger partial charge on any atom is -0.340 e. The topological polar surface area (TPSA) is 55.9 Å². The highest BCUT2D eigenvalue weighted by Crippen LogP contribution is 2.30. The lowest BCUT2D eigenvalue weighted by Gasteiger charge is -2.38. The van der Waals surface area contributed by atoms with E-state index in [4.69, 9.17) is 0 Å². The lowest BCUT2D eigenvalue weighted by atomic mass is 9.79. The summed E-state index contributed by atoms with van der Waals surface area (Å²) in [4.78, 5) is 31.4. The smallest absolute Gasteiger partial charge is 0.225 e. The van der Waals surface area contributed by atoms with Gasteiger partial charge in [-0.15, -0.1) is 0 Å². The lowest BCUT2D eigenvalue weighted by Crippen LogP contribution is -2.51. The third kappa shape index (κ3) is 7.12. The lowest BCUT2D eigenvalue weighted by molar-refractivity contribution is -0.139. The van der Waals surface area contributed by atoms with Gasteiger partial charge in [0.05, 0.1) is 0 Å². The maximum absolute atomic E-state index is 12.8. The van der Waals surface area contributed by atoms with Crippen molar-refractivity contribution in [3.8, 4) is 0 Å². The number of hydrogen-bond acceptors (Lipinski definition) is 5. The maximum Gasteiger partial charge on any atom is 0.225 e. The van der Waals surface area contributed by atoms with Crippen LogP contribution in [-0.4, -0.2) is 91.8 Å². The van der Waals surface area contributed by atoms with Crippen molar-refractivity contribution < 1.29 is 9.59 Å². The molecule has 0 radical (unpaired) electrons. The predicted octanol–water partition coefficient (Wildman–Crippen LogP) is 1.85. The average Bonchev–Trinajstić information content (AvgIpc) is 2.76. The zero-order valence-corrected chi connectivity index (χ0v) is 18.4. The summed E-state index contributed by atoms with van der Waals surface area (Å²) >= 11 is 0. The summed E-state index contributed by atoms with van der Waals surface area (Å²) < 4.78 is 0. The molecule has 0 aromatic carbocycles. The number of Topliss-reactive ketones (excluding diaryl/α,β-unsaturated/α-hetero) is 1. The van der Waals surface area contributed by atoms with E-state index in [0.717, 1.165) is 71.5 Å². The number of rotatable bonds is 6. The van der Waals surface area contributed by atoms with Gasteiger partial charge in [-0.2, -0.15) is 0 Å². The number of piperazine rings is 2. The van der Waals surface area contributed by atoms with Crippen LogP contribution in [0, 0.1) is 11.8 Å². The molecule has 2 aliphatic heterocycles. The summed E-state index contributed by atoms with van der Waals surface area (Å²) in [7, 11) is 0. The standard InChI is InChI=1S/C20H36N4O2.C2H6/c1-17(25)18-3-5-19(6-4-18)20(26)24-15-13-23(14-16-24)10-2-9-22-11-7-21-8-12-22;1-2/h18-19,21H,2-16H2,1H3;1-2H3. The molecule has 0 spiro atoms. The van der Waals surface area contributed by atoms with E-state index in [0.29, 0.717) is 11.7 Å². The highest BCUT2D eigenvalue weighted by molar-refractivity contribution is 5.81. The normalized spacial score (nSPS) is 27.0. The number of amides is 1. The first-order chi connectivity index (χ1) is 13.6. The monoisotopic (exact) mass is 394 g/mol. The molecule has 1 saturated carbocycles. The highest BCUT2D eigenvalue weighted by atomic mass is 16.2. The van der Waals surface area contributed by atoms with Crippen molar-refractivity contribution in [1.29, 1.82) is 0 Å². The Hall–Kier alpha value is -0.980. The molecule has 0 aromatic heterocycles. The van der Waals surface area contributed by atoms with Crippen LogP contribution in [0.15, 0.2) is 0 Å². The Morgan fingerprint density at radius 3 is 1.82 bits per heavy atom. The highest BCUT2D eigenvalue weighted by Gasteiger charge is 2.32. The van der Waals surface area contributed by atoms with Crippen molar-refractivity contribution in [2.45, 2.75) is 52.9 Å². The van der Waals surface area contributed by atoms with Crippen LogP contribution in [0.3, 0.4) is 0 Å². The second kappa shape index (κ2) is 12.6. The van der Waals surface area contributed by atoms with E-state index in [9.17, 15) is 9.59 Å². The molecule has 2 saturated heterocycles. The van der Waals surface area contributed by atoms with Crippen molar-refractivity contribution in [3.05, 3.63) is 0 Å². The van der Waals surface area contributed by atoms with Gasteiger partial charge in [0.15, 0.2) is 0 Å². The molecule has 0 bridgehead atoms. The van der Waals surface area contributed by atoms with Gasteiger partial charge in [0.2, 0.25) is 5.91 Å². The Labute approximate surface area is 172 Å². The molecule has 6 heteroatoms. The van der Waals surface area contributed by atoms with Crippen LogP contribution < -0.4 is 5.32 Å². The first kappa shape index (κ1) is 23.3. The van der Waals surface area contributed by atoms with Crippen LogP contribution >= 0.6 is 0 Å². The van der Waals surface area contributed by atoms with Crippen molar-refractivity contribution >= 4 is 11.7 Å². The zero-order chi connectivity index (χ0) is 20.4. The number of carbonyl (C=O) groups excluding carboxylic acids is 2. The zero-order valence-electron chi connectivity index (χ0n) is 18.4. The first-order valence-corrected chi connectivity index (χ1v) is 11.6. The summed E-state index contributed by atoms with van der Waals surface area (Å²) in [5, 5.41) is 3.40. The van der Waals surface area contributed by atoms with Gasteiger partial charge in [0, 0.05) is 64.2 Å². The number of nitrogens with zero attached hydrogens (tertiary/aromatic N) is 3. The van der Waals surface area contributed by atoms with E-state index in [-0.39, 0.29) is 11.8 Å². The summed E-state index contributed by atoms with van der Waals surface area (Å²) in [6.07, 6.45) is 4.82. The van der Waals surface area contributed by atoms with Gasteiger partial charge in [-0.25, -0.2) is 0 Å². The van der Waals surface area contributed by atoms with E-state index >= 15 is 0 Å². The fourth-order valence-corrected chi connectivity index (χ4v) is 4.65. The number of nitrogens with one attached hydrogen (secondary N) is 1. The minimum atomic E-state index is 0.157. The molecule has 3 fully saturated rings. The molecular formula is C22H42N4O2. The average molecular weight is 395 g/mol. The summed E-state index contributed by atoms with van der Waals surface area (Å²) in [6.45, 7) is 16.4. The third-order valence-corrected chi connectivity index (χ3v) is 6.49. The maximum atomic E-state index is 12.8. The van der Waals surface area contributed by atoms with E-state index < -0.39 is 0 Å². The first-order valence-electron chi connectivity index (χ1n) is 11.6. The Morgan fingerprint density at radius 1 is 0.786 bits per heavy atom. The van der Waals surface area contributed by atoms with E-state index in [2.05, 4.69) is 20.0 Å². The molecule has 0 atom stereocenters. The molecule has 1 N–H and O–H groups in total. The molecule has 6 nitrogen and oxygen atoms in total. The minimum absolute atomic E-state index is 0.157. The van der Waals surface area contributed by atoms with Crippen LogP contribution in [0.25, 0.3) is 0 Å². The molecule has 1 aliphatic carbocycles. The van der Waals surface area contributed by atoms with Gasteiger partial charge in [0.25, 0.3) is 0 Å². The van der Waals surface area contributed by atoms with Crippen molar-refractivity contribution in [2.24, 2.45) is 11.8 Å². The summed E-state index contributed by atoms with van der Waals surface area (Å²) in [6, 6.07) is 0. The Balaban J connectivity index is 0.00000136. The van der Waals surface area contributed by atoms with Crippen LogP contribution in [-0.2, 0) is 9.59 Å². The van der Waals surface area contributed by atoms with Gasteiger partial charge >= 0.3 is 0 Å². The summed E-state index contributed by atoms with van der Waals surface area (Å²) in [5.74, 6) is 0.995. The fourth-order valence-electron chi connectivity index (χ4n) is 4.65. The van der Waals surface area contributed by atoms with Crippen LogP contribution in [0.4, 0.5) is 0 Å². The summed E-state index contributed by atoms with van der Waals surface area (Å²) in [5.41, 5.74) is 0. The number of carbonyl (C=O) groups is 2.